The van der Waals surface area contributed by atoms with Crippen molar-refractivity contribution in [2.45, 2.75) is 45.8 Å². The van der Waals surface area contributed by atoms with Gasteiger partial charge in [0.2, 0.25) is 0 Å². The summed E-state index contributed by atoms with van der Waals surface area (Å²) in [4.78, 5) is 7.36. The molecule has 0 aliphatic carbocycles. The highest BCUT2D eigenvalue weighted by Crippen LogP contribution is 2.14. The highest BCUT2D eigenvalue weighted by molar-refractivity contribution is 14.0. The van der Waals surface area contributed by atoms with E-state index in [0.717, 1.165) is 58.1 Å². The predicted molar refractivity (Wildman–Crippen MR) is 131 cm³/mol. The smallest absolute Gasteiger partial charge is 0.191 e. The van der Waals surface area contributed by atoms with E-state index in [2.05, 4.69) is 64.8 Å². The van der Waals surface area contributed by atoms with Crippen LogP contribution in [0.15, 0.2) is 53.8 Å². The Labute approximate surface area is 192 Å². The van der Waals surface area contributed by atoms with Gasteiger partial charge in [0.1, 0.15) is 0 Å². The number of guanidine groups is 1. The molecule has 6 nitrogen and oxygen atoms in total. The van der Waals surface area contributed by atoms with E-state index in [9.17, 15) is 0 Å². The van der Waals surface area contributed by atoms with Crippen molar-refractivity contribution in [1.82, 2.24) is 25.3 Å². The van der Waals surface area contributed by atoms with Crippen molar-refractivity contribution in [3.05, 3.63) is 54.4 Å². The summed E-state index contributed by atoms with van der Waals surface area (Å²) in [7, 11) is 0. The number of hydrogen-bond donors (Lipinski definition) is 2. The Kier molecular flexibility index (Phi) is 10.5. The number of hydrogen-bond acceptors (Lipinski definition) is 3. The van der Waals surface area contributed by atoms with Gasteiger partial charge in [0.15, 0.2) is 5.96 Å². The van der Waals surface area contributed by atoms with E-state index < -0.39 is 0 Å². The molecule has 0 radical (unpaired) electrons. The molecule has 29 heavy (non-hydrogen) atoms. The zero-order chi connectivity index (χ0) is 19.6. The van der Waals surface area contributed by atoms with Gasteiger partial charge in [-0.15, -0.1) is 24.0 Å². The molecule has 1 atom stereocenters. The van der Waals surface area contributed by atoms with Crippen molar-refractivity contribution in [2.75, 3.05) is 26.2 Å². The number of benzene rings is 1. The van der Waals surface area contributed by atoms with Gasteiger partial charge in [0.25, 0.3) is 0 Å². The standard InChI is InChI=1S/C22H34N6.HI/c1-3-23-22(24-16-19(2)17-28-13-7-12-25-28)26-21-10-14-27(15-11-21)18-20-8-5-4-6-9-20;/h4-9,12-13,19,21H,3,10-11,14-18H2,1-2H3,(H2,23,24,26);1H. The summed E-state index contributed by atoms with van der Waals surface area (Å²) in [5.74, 6) is 1.39. The molecule has 0 spiro atoms. The number of piperidine rings is 1. The second kappa shape index (κ2) is 12.8. The summed E-state index contributed by atoms with van der Waals surface area (Å²) in [6.07, 6.45) is 6.14. The quantitative estimate of drug-likeness (QED) is 0.325. The molecule has 2 N–H and O–H groups in total. The molecule has 0 saturated carbocycles. The van der Waals surface area contributed by atoms with E-state index in [1.54, 1.807) is 0 Å². The van der Waals surface area contributed by atoms with Gasteiger partial charge in [-0.05, 0) is 37.3 Å². The molecule has 1 aliphatic rings. The summed E-state index contributed by atoms with van der Waals surface area (Å²) >= 11 is 0. The van der Waals surface area contributed by atoms with Crippen LogP contribution in [0, 0.1) is 5.92 Å². The van der Waals surface area contributed by atoms with Crippen LogP contribution in [0.25, 0.3) is 0 Å². The summed E-state index contributed by atoms with van der Waals surface area (Å²) in [6, 6.07) is 13.2. The lowest BCUT2D eigenvalue weighted by molar-refractivity contribution is 0.198. The fraction of sp³-hybridized carbons (Fsp3) is 0.545. The molecule has 1 fully saturated rings. The van der Waals surface area contributed by atoms with Crippen molar-refractivity contribution in [2.24, 2.45) is 10.9 Å². The van der Waals surface area contributed by atoms with Crippen LogP contribution in [0.1, 0.15) is 32.3 Å². The van der Waals surface area contributed by atoms with Crippen LogP contribution < -0.4 is 10.6 Å². The molecular formula is C22H35IN6. The minimum Gasteiger partial charge on any atom is -0.357 e. The fourth-order valence-electron chi connectivity index (χ4n) is 3.62. The summed E-state index contributed by atoms with van der Waals surface area (Å²) in [5.41, 5.74) is 1.40. The Morgan fingerprint density at radius 2 is 1.97 bits per heavy atom. The van der Waals surface area contributed by atoms with E-state index in [4.69, 9.17) is 4.99 Å². The van der Waals surface area contributed by atoms with Gasteiger partial charge >= 0.3 is 0 Å². The zero-order valence-electron chi connectivity index (χ0n) is 17.6. The van der Waals surface area contributed by atoms with Gasteiger partial charge in [-0.2, -0.15) is 5.10 Å². The number of nitrogens with one attached hydrogen (secondary N) is 2. The molecule has 1 saturated heterocycles. The fourth-order valence-corrected chi connectivity index (χ4v) is 3.62. The first-order chi connectivity index (χ1) is 13.7. The number of rotatable bonds is 8. The predicted octanol–water partition coefficient (Wildman–Crippen LogP) is 3.36. The third kappa shape index (κ3) is 8.34. The van der Waals surface area contributed by atoms with Crippen LogP contribution in [-0.4, -0.2) is 52.9 Å². The molecule has 1 unspecified atom stereocenters. The maximum Gasteiger partial charge on any atom is 0.191 e. The molecular weight excluding hydrogens is 475 g/mol. The molecule has 2 heterocycles. The van der Waals surface area contributed by atoms with Crippen molar-refractivity contribution in [3.8, 4) is 0 Å². The van der Waals surface area contributed by atoms with Crippen LogP contribution in [0.2, 0.25) is 0 Å². The third-order valence-corrected chi connectivity index (χ3v) is 5.14. The minimum absolute atomic E-state index is 0. The molecule has 0 bridgehead atoms. The third-order valence-electron chi connectivity index (χ3n) is 5.14. The molecule has 1 aromatic carbocycles. The number of halogens is 1. The molecule has 1 aliphatic heterocycles. The summed E-state index contributed by atoms with van der Waals surface area (Å²) < 4.78 is 1.98. The first kappa shape index (κ1) is 23.7. The lowest BCUT2D eigenvalue weighted by Crippen LogP contribution is -2.48. The van der Waals surface area contributed by atoms with Gasteiger partial charge in [0, 0.05) is 57.7 Å². The first-order valence-corrected chi connectivity index (χ1v) is 10.5. The second-order valence-corrected chi connectivity index (χ2v) is 7.73. The van der Waals surface area contributed by atoms with Gasteiger partial charge < -0.3 is 10.6 Å². The zero-order valence-corrected chi connectivity index (χ0v) is 20.0. The van der Waals surface area contributed by atoms with E-state index in [1.807, 2.05) is 23.1 Å². The maximum atomic E-state index is 4.81. The Bertz CT molecular complexity index is 695. The van der Waals surface area contributed by atoms with Crippen LogP contribution in [0.3, 0.4) is 0 Å². The normalized spacial score (nSPS) is 16.8. The largest absolute Gasteiger partial charge is 0.357 e. The lowest BCUT2D eigenvalue weighted by Gasteiger charge is -2.33. The van der Waals surface area contributed by atoms with Crippen LogP contribution in [-0.2, 0) is 13.1 Å². The van der Waals surface area contributed by atoms with Crippen LogP contribution >= 0.6 is 24.0 Å². The Morgan fingerprint density at radius 3 is 2.62 bits per heavy atom. The van der Waals surface area contributed by atoms with Gasteiger partial charge in [0.05, 0.1) is 0 Å². The van der Waals surface area contributed by atoms with Crippen LogP contribution in [0.5, 0.6) is 0 Å². The van der Waals surface area contributed by atoms with E-state index >= 15 is 0 Å². The number of nitrogens with zero attached hydrogens (tertiary/aromatic N) is 4. The molecule has 0 amide bonds. The number of aliphatic imine (C=N–C) groups is 1. The topological polar surface area (TPSA) is 57.5 Å². The van der Waals surface area contributed by atoms with Crippen molar-refractivity contribution >= 4 is 29.9 Å². The second-order valence-electron chi connectivity index (χ2n) is 7.73. The molecule has 3 rings (SSSR count). The highest BCUT2D eigenvalue weighted by Gasteiger charge is 2.20. The monoisotopic (exact) mass is 510 g/mol. The van der Waals surface area contributed by atoms with E-state index in [-0.39, 0.29) is 24.0 Å². The van der Waals surface area contributed by atoms with E-state index in [1.165, 1.54) is 5.56 Å². The van der Waals surface area contributed by atoms with Gasteiger partial charge in [-0.3, -0.25) is 14.6 Å². The maximum absolute atomic E-state index is 4.81. The SMILES string of the molecule is CCNC(=NCC(C)Cn1cccn1)NC1CCN(Cc2ccccc2)CC1.I. The minimum atomic E-state index is 0. The van der Waals surface area contributed by atoms with Crippen LogP contribution in [0.4, 0.5) is 0 Å². The molecule has 2 aromatic rings. The average Bonchev–Trinajstić information content (AvgIpc) is 3.21. The average molecular weight is 510 g/mol. The Morgan fingerprint density at radius 1 is 1.21 bits per heavy atom. The van der Waals surface area contributed by atoms with E-state index in [0.29, 0.717) is 12.0 Å². The Balaban J connectivity index is 0.00000300. The van der Waals surface area contributed by atoms with Gasteiger partial charge in [-0.25, -0.2) is 0 Å². The first-order valence-electron chi connectivity index (χ1n) is 10.5. The molecule has 7 heteroatoms. The molecule has 1 aromatic heterocycles. The molecule has 160 valence electrons. The summed E-state index contributed by atoms with van der Waals surface area (Å²) in [6.45, 7) is 10.2. The van der Waals surface area contributed by atoms with Gasteiger partial charge in [-0.1, -0.05) is 37.3 Å². The van der Waals surface area contributed by atoms with Crippen molar-refractivity contribution in [3.63, 3.8) is 0 Å². The Hall–Kier alpha value is -1.61. The van der Waals surface area contributed by atoms with Crippen molar-refractivity contribution in [1.29, 1.82) is 0 Å². The number of likely N-dealkylation sites (tertiary alicyclic amines) is 1. The highest BCUT2D eigenvalue weighted by atomic mass is 127. The lowest BCUT2D eigenvalue weighted by atomic mass is 10.0. The summed E-state index contributed by atoms with van der Waals surface area (Å²) in [5, 5.41) is 11.3. The number of aromatic nitrogens is 2. The van der Waals surface area contributed by atoms with Crippen molar-refractivity contribution < 1.29 is 0 Å².